The predicted octanol–water partition coefficient (Wildman–Crippen LogP) is 4.08. The van der Waals surface area contributed by atoms with Crippen LogP contribution in [0.4, 0.5) is 23.7 Å². The minimum absolute atomic E-state index is 0.181. The molecule has 4 heterocycles. The molecule has 2 amide bonds. The largest absolute Gasteiger partial charge is 0.417 e. The molecule has 2 aliphatic carbocycles. The zero-order valence-corrected chi connectivity index (χ0v) is 19.0. The third kappa shape index (κ3) is 3.74. The Labute approximate surface area is 198 Å². The molecule has 3 aromatic heterocycles. The molecule has 1 unspecified atom stereocenters. The lowest BCUT2D eigenvalue weighted by Crippen LogP contribution is -2.60. The van der Waals surface area contributed by atoms with Gasteiger partial charge in [0.25, 0.3) is 0 Å². The number of fused-ring (bicyclic) bond motifs is 1. The van der Waals surface area contributed by atoms with Crippen LogP contribution in [-0.4, -0.2) is 64.9 Å². The van der Waals surface area contributed by atoms with Crippen LogP contribution in [0.25, 0.3) is 22.3 Å². The number of carbonyl (C=O) groups excluding carboxylic acids is 1. The van der Waals surface area contributed by atoms with Gasteiger partial charge < -0.3 is 15.3 Å². The number of urea groups is 1. The Morgan fingerprint density at radius 2 is 2.06 bits per heavy atom. The van der Waals surface area contributed by atoms with Gasteiger partial charge in [-0.2, -0.15) is 23.4 Å². The number of likely N-dealkylation sites (tertiary alicyclic amines) is 1. The fourth-order valence-corrected chi connectivity index (χ4v) is 5.34. The Morgan fingerprint density at radius 3 is 2.74 bits per heavy atom. The third-order valence-electron chi connectivity index (χ3n) is 7.85. The van der Waals surface area contributed by atoms with Crippen molar-refractivity contribution in [2.45, 2.75) is 68.8 Å². The van der Waals surface area contributed by atoms with Crippen molar-refractivity contribution in [3.8, 4) is 11.4 Å². The van der Waals surface area contributed by atoms with E-state index in [0.29, 0.717) is 35.8 Å². The van der Waals surface area contributed by atoms with E-state index in [-0.39, 0.29) is 6.54 Å². The molecule has 3 N–H and O–H groups in total. The summed E-state index contributed by atoms with van der Waals surface area (Å²) in [6.07, 6.45) is 3.77. The molecule has 9 nitrogen and oxygen atoms in total. The van der Waals surface area contributed by atoms with Crippen LogP contribution in [0.5, 0.6) is 0 Å². The summed E-state index contributed by atoms with van der Waals surface area (Å²) in [6.45, 7) is 0.665. The highest BCUT2D eigenvalue weighted by Gasteiger charge is 2.65. The second-order valence-corrected chi connectivity index (χ2v) is 10.2. The smallest absolute Gasteiger partial charge is 0.380 e. The van der Waals surface area contributed by atoms with E-state index in [1.807, 2.05) is 10.7 Å². The second-order valence-electron chi connectivity index (χ2n) is 10.2. The summed E-state index contributed by atoms with van der Waals surface area (Å²) in [5.41, 5.74) is -1.42. The summed E-state index contributed by atoms with van der Waals surface area (Å²) >= 11 is 0. The maximum atomic E-state index is 13.4. The van der Waals surface area contributed by atoms with Crippen LogP contribution in [0.2, 0.25) is 0 Å². The average Bonchev–Trinajstić information content (AvgIpc) is 3.18. The quantitative estimate of drug-likeness (QED) is 0.512. The molecule has 0 aromatic carbocycles. The monoisotopic (exact) mass is 489 g/mol. The van der Waals surface area contributed by atoms with Gasteiger partial charge in [-0.25, -0.2) is 4.79 Å². The lowest BCUT2D eigenvalue weighted by molar-refractivity contribution is -0.277. The molecule has 3 aromatic rings. The van der Waals surface area contributed by atoms with Gasteiger partial charge in [-0.05, 0) is 37.7 Å². The average molecular weight is 490 g/mol. The molecule has 0 radical (unpaired) electrons. The zero-order valence-electron chi connectivity index (χ0n) is 19.0. The first-order chi connectivity index (χ1) is 16.7. The molecule has 3 aliphatic rings. The maximum absolute atomic E-state index is 13.4. The number of aromatic amines is 1. The van der Waals surface area contributed by atoms with Gasteiger partial charge in [0.1, 0.15) is 5.69 Å². The maximum Gasteiger partial charge on any atom is 0.417 e. The zero-order chi connectivity index (χ0) is 24.4. The molecule has 35 heavy (non-hydrogen) atoms. The minimum Gasteiger partial charge on any atom is -0.380 e. The van der Waals surface area contributed by atoms with Crippen LogP contribution in [0.15, 0.2) is 24.7 Å². The van der Waals surface area contributed by atoms with Crippen molar-refractivity contribution in [1.82, 2.24) is 29.9 Å². The van der Waals surface area contributed by atoms with Gasteiger partial charge in [-0.3, -0.25) is 14.8 Å². The number of alkyl halides is 3. The normalized spacial score (nSPS) is 24.1. The van der Waals surface area contributed by atoms with Crippen molar-refractivity contribution in [1.29, 1.82) is 0 Å². The lowest BCUT2D eigenvalue weighted by atomic mass is 9.84. The molecule has 186 valence electrons. The number of aromatic nitrogens is 5. The summed E-state index contributed by atoms with van der Waals surface area (Å²) in [4.78, 5) is 19.0. The number of halogens is 3. The molecule has 0 bridgehead atoms. The molecule has 2 saturated carbocycles. The number of aliphatic hydroxyl groups is 1. The first-order valence-corrected chi connectivity index (χ1v) is 11.9. The Morgan fingerprint density at radius 1 is 1.26 bits per heavy atom. The molecule has 1 aliphatic heterocycles. The molecule has 1 atom stereocenters. The van der Waals surface area contributed by atoms with Crippen LogP contribution < -0.4 is 5.32 Å². The molecule has 1 spiro atoms. The molecule has 3 fully saturated rings. The highest BCUT2D eigenvalue weighted by Crippen LogP contribution is 2.55. The third-order valence-corrected chi connectivity index (χ3v) is 7.85. The van der Waals surface area contributed by atoms with E-state index in [9.17, 15) is 23.1 Å². The Bertz CT molecular complexity index is 1280. The molecule has 12 heteroatoms. The predicted molar refractivity (Wildman–Crippen MR) is 120 cm³/mol. The first-order valence-electron chi connectivity index (χ1n) is 11.9. The van der Waals surface area contributed by atoms with Crippen LogP contribution >= 0.6 is 0 Å². The molecule has 6 rings (SSSR count). The number of rotatable bonds is 4. The Kier molecular flexibility index (Phi) is 4.89. The summed E-state index contributed by atoms with van der Waals surface area (Å²) in [5.74, 6) is 0.629. The highest BCUT2D eigenvalue weighted by atomic mass is 19.4. The van der Waals surface area contributed by atoms with Crippen molar-refractivity contribution in [2.75, 3.05) is 11.9 Å². The van der Waals surface area contributed by atoms with Gasteiger partial charge in [-0.15, -0.1) is 0 Å². The summed E-state index contributed by atoms with van der Waals surface area (Å²) in [7, 11) is 0. The number of piperidine rings is 1. The summed E-state index contributed by atoms with van der Waals surface area (Å²) < 4.78 is 42.1. The number of pyridine rings is 1. The first kappa shape index (κ1) is 22.3. The van der Waals surface area contributed by atoms with Crippen LogP contribution in [0.1, 0.15) is 44.9 Å². The van der Waals surface area contributed by atoms with Gasteiger partial charge in [0, 0.05) is 49.2 Å². The molecular weight excluding hydrogens is 463 g/mol. The summed E-state index contributed by atoms with van der Waals surface area (Å²) in [5, 5.41) is 25.4. The van der Waals surface area contributed by atoms with E-state index < -0.39 is 36.2 Å². The number of hydrogen-bond donors (Lipinski definition) is 3. The van der Waals surface area contributed by atoms with E-state index in [0.717, 1.165) is 17.4 Å². The fraction of sp³-hybridized carbons (Fsp3) is 0.565. The number of H-pyrrole nitrogens is 1. The Balaban J connectivity index is 1.22. The lowest BCUT2D eigenvalue weighted by Gasteiger charge is -2.45. The van der Waals surface area contributed by atoms with Crippen molar-refractivity contribution >= 4 is 22.6 Å². The van der Waals surface area contributed by atoms with Crippen molar-refractivity contribution in [2.24, 2.45) is 5.92 Å². The van der Waals surface area contributed by atoms with Gasteiger partial charge >= 0.3 is 12.2 Å². The highest BCUT2D eigenvalue weighted by molar-refractivity contribution is 5.94. The van der Waals surface area contributed by atoms with E-state index >= 15 is 0 Å². The topological polar surface area (TPSA) is 112 Å². The Hall–Kier alpha value is -3.15. The van der Waals surface area contributed by atoms with Crippen molar-refractivity contribution in [3.05, 3.63) is 24.7 Å². The van der Waals surface area contributed by atoms with E-state index in [1.165, 1.54) is 30.4 Å². The second kappa shape index (κ2) is 7.67. The summed E-state index contributed by atoms with van der Waals surface area (Å²) in [6, 6.07) is 1.38. The number of carbonyl (C=O) groups is 1. The standard InChI is InChI=1S/C23H26F3N7O2/c24-23(25,26)22(35)6-7-32(21(13-22)4-5-21)20(34)30-17-11-28-31-19(17)16-8-18-15(9-27-16)10-29-33(18)12-14-2-1-3-14/h8-11,14,35H,1-7,12-13H2,(H,28,31)(H,30,34). The minimum atomic E-state index is -4.72. The molecular formula is C23H26F3N7O2. The van der Waals surface area contributed by atoms with Crippen molar-refractivity contribution in [3.63, 3.8) is 0 Å². The van der Waals surface area contributed by atoms with E-state index in [2.05, 4.69) is 25.6 Å². The SMILES string of the molecule is O=C(Nc1c[nH]nc1-c1cc2c(cn1)cnn2CC1CCC1)N1CCC(O)(C(F)(F)F)CC12CC2. The number of amides is 2. The van der Waals surface area contributed by atoms with Crippen molar-refractivity contribution < 1.29 is 23.1 Å². The van der Waals surface area contributed by atoms with Crippen LogP contribution in [-0.2, 0) is 6.54 Å². The number of nitrogens with zero attached hydrogens (tertiary/aromatic N) is 5. The van der Waals surface area contributed by atoms with Gasteiger partial charge in [0.05, 0.1) is 23.1 Å². The fourth-order valence-electron chi connectivity index (χ4n) is 5.34. The van der Waals surface area contributed by atoms with Gasteiger partial charge in [-0.1, -0.05) is 6.42 Å². The van der Waals surface area contributed by atoms with E-state index in [4.69, 9.17) is 0 Å². The number of anilines is 1. The van der Waals surface area contributed by atoms with Gasteiger partial charge in [0.2, 0.25) is 0 Å². The van der Waals surface area contributed by atoms with Crippen LogP contribution in [0.3, 0.4) is 0 Å². The van der Waals surface area contributed by atoms with Gasteiger partial charge in [0.15, 0.2) is 5.60 Å². The number of hydrogen-bond acceptors (Lipinski definition) is 5. The number of nitrogens with one attached hydrogen (secondary N) is 2. The van der Waals surface area contributed by atoms with Crippen LogP contribution in [0, 0.1) is 5.92 Å². The molecule has 1 saturated heterocycles. The van der Waals surface area contributed by atoms with E-state index in [1.54, 1.807) is 12.4 Å².